The van der Waals surface area contributed by atoms with Gasteiger partial charge in [-0.25, -0.2) is 0 Å². The van der Waals surface area contributed by atoms with Crippen LogP contribution in [0.3, 0.4) is 0 Å². The van der Waals surface area contributed by atoms with E-state index in [0.717, 1.165) is 71.0 Å². The van der Waals surface area contributed by atoms with E-state index in [1.807, 2.05) is 28.2 Å². The number of rotatable bonds is 23. The number of carbonyl (C=O) groups excluding carboxylic acids is 3. The van der Waals surface area contributed by atoms with E-state index in [-0.39, 0.29) is 42.1 Å². The van der Waals surface area contributed by atoms with Crippen molar-refractivity contribution in [1.29, 1.82) is 0 Å². The van der Waals surface area contributed by atoms with Gasteiger partial charge in [0.1, 0.15) is 5.78 Å². The summed E-state index contributed by atoms with van der Waals surface area (Å²) in [6.07, 6.45) is 8.38. The predicted octanol–water partition coefficient (Wildman–Crippen LogP) is 1.08. The SMILES string of the molecule is CNCCCCC(CC(=O)NC(CCCCNC)CC(=O)NC(CCCNC)CC(C)=O)NC. The van der Waals surface area contributed by atoms with Gasteiger partial charge in [0.15, 0.2) is 0 Å². The van der Waals surface area contributed by atoms with Crippen LogP contribution in [0, 0.1) is 0 Å². The lowest BCUT2D eigenvalue weighted by atomic mass is 10.0. The van der Waals surface area contributed by atoms with Crippen LogP contribution in [-0.4, -0.2) is 83.5 Å². The Morgan fingerprint density at radius 2 is 0.971 bits per heavy atom. The van der Waals surface area contributed by atoms with E-state index in [1.54, 1.807) is 6.92 Å². The number of nitrogens with one attached hydrogen (secondary N) is 6. The third-order valence-electron chi connectivity index (χ3n) is 5.97. The van der Waals surface area contributed by atoms with Crippen LogP contribution in [0.5, 0.6) is 0 Å². The number of carbonyl (C=O) groups is 3. The van der Waals surface area contributed by atoms with Gasteiger partial charge in [0, 0.05) is 37.4 Å². The molecular weight excluding hydrogens is 432 g/mol. The minimum absolute atomic E-state index is 0.0197. The average Bonchev–Trinajstić information content (AvgIpc) is 2.78. The molecule has 3 unspecified atom stereocenters. The van der Waals surface area contributed by atoms with Gasteiger partial charge < -0.3 is 31.9 Å². The molecule has 200 valence electrons. The smallest absolute Gasteiger partial charge is 0.222 e. The Labute approximate surface area is 207 Å². The summed E-state index contributed by atoms with van der Waals surface area (Å²) in [6, 6.07) is -0.241. The van der Waals surface area contributed by atoms with Crippen molar-refractivity contribution in [3.05, 3.63) is 0 Å². The van der Waals surface area contributed by atoms with Crippen molar-refractivity contribution in [3.8, 4) is 0 Å². The zero-order valence-electron chi connectivity index (χ0n) is 22.4. The summed E-state index contributed by atoms with van der Waals surface area (Å²) in [5, 5.41) is 18.8. The second-order valence-electron chi connectivity index (χ2n) is 9.27. The van der Waals surface area contributed by atoms with E-state index in [2.05, 4.69) is 31.9 Å². The molecule has 0 bridgehead atoms. The molecule has 9 heteroatoms. The number of Topliss-reactive ketones (excluding diaryl/α,β-unsaturated/α-hetero) is 1. The van der Waals surface area contributed by atoms with Crippen LogP contribution in [0.4, 0.5) is 0 Å². The molecule has 0 aromatic heterocycles. The molecule has 0 aromatic carbocycles. The van der Waals surface area contributed by atoms with Gasteiger partial charge in [0.2, 0.25) is 11.8 Å². The second-order valence-corrected chi connectivity index (χ2v) is 9.27. The van der Waals surface area contributed by atoms with E-state index in [4.69, 9.17) is 0 Å². The Morgan fingerprint density at radius 1 is 0.559 bits per heavy atom. The summed E-state index contributed by atoms with van der Waals surface area (Å²) in [5.74, 6) is -0.0555. The van der Waals surface area contributed by atoms with Crippen molar-refractivity contribution in [3.63, 3.8) is 0 Å². The van der Waals surface area contributed by atoms with E-state index in [0.29, 0.717) is 12.8 Å². The molecule has 0 spiro atoms. The Hall–Kier alpha value is -1.55. The number of amides is 2. The zero-order valence-corrected chi connectivity index (χ0v) is 22.4. The molecule has 0 aliphatic carbocycles. The summed E-state index contributed by atoms with van der Waals surface area (Å²) >= 11 is 0. The van der Waals surface area contributed by atoms with E-state index >= 15 is 0 Å². The molecule has 0 aliphatic rings. The Kier molecular flexibility index (Phi) is 20.9. The van der Waals surface area contributed by atoms with Crippen LogP contribution >= 0.6 is 0 Å². The van der Waals surface area contributed by atoms with Crippen molar-refractivity contribution in [1.82, 2.24) is 31.9 Å². The van der Waals surface area contributed by atoms with E-state index in [9.17, 15) is 14.4 Å². The lowest BCUT2D eigenvalue weighted by Crippen LogP contribution is -2.44. The Balaban J connectivity index is 4.86. The maximum Gasteiger partial charge on any atom is 0.222 e. The fourth-order valence-corrected chi connectivity index (χ4v) is 4.08. The van der Waals surface area contributed by atoms with Gasteiger partial charge in [-0.2, -0.15) is 0 Å². The third kappa shape index (κ3) is 18.8. The molecule has 0 aromatic rings. The van der Waals surface area contributed by atoms with Crippen molar-refractivity contribution >= 4 is 17.6 Å². The fraction of sp³-hybridized carbons (Fsp3) is 0.880. The zero-order chi connectivity index (χ0) is 25.6. The van der Waals surface area contributed by atoms with Crippen LogP contribution in [0.1, 0.15) is 77.6 Å². The van der Waals surface area contributed by atoms with Crippen LogP contribution < -0.4 is 31.9 Å². The lowest BCUT2D eigenvalue weighted by Gasteiger charge is -2.23. The van der Waals surface area contributed by atoms with Crippen molar-refractivity contribution in [2.24, 2.45) is 0 Å². The van der Waals surface area contributed by atoms with Gasteiger partial charge in [-0.05, 0) is 93.3 Å². The van der Waals surface area contributed by atoms with E-state index < -0.39 is 0 Å². The quantitative estimate of drug-likeness (QED) is 0.120. The van der Waals surface area contributed by atoms with Crippen LogP contribution in [0.2, 0.25) is 0 Å². The van der Waals surface area contributed by atoms with Gasteiger partial charge in [0.25, 0.3) is 0 Å². The number of hydrogen-bond donors (Lipinski definition) is 6. The van der Waals surface area contributed by atoms with Crippen molar-refractivity contribution in [2.75, 3.05) is 47.8 Å². The summed E-state index contributed by atoms with van der Waals surface area (Å²) in [4.78, 5) is 37.2. The van der Waals surface area contributed by atoms with Crippen LogP contribution in [0.25, 0.3) is 0 Å². The maximum atomic E-state index is 12.8. The first-order valence-corrected chi connectivity index (χ1v) is 13.0. The topological polar surface area (TPSA) is 123 Å². The molecule has 0 radical (unpaired) electrons. The summed E-state index contributed by atoms with van der Waals surface area (Å²) in [6.45, 7) is 4.29. The van der Waals surface area contributed by atoms with Gasteiger partial charge in [0.05, 0.1) is 0 Å². The standard InChI is InChI=1S/C25H52N6O3/c1-20(32)17-22(13-10-16-28-4)30-25(34)19-23(12-7-9-15-27-3)31-24(33)18-21(29-5)11-6-8-14-26-2/h21-23,26-29H,6-19H2,1-5H3,(H,30,34)(H,31,33). The molecule has 2 amide bonds. The molecule has 34 heavy (non-hydrogen) atoms. The highest BCUT2D eigenvalue weighted by Crippen LogP contribution is 2.10. The molecule has 3 atom stereocenters. The fourth-order valence-electron chi connectivity index (χ4n) is 4.08. The lowest BCUT2D eigenvalue weighted by molar-refractivity contribution is -0.124. The number of unbranched alkanes of at least 4 members (excludes halogenated alkanes) is 2. The highest BCUT2D eigenvalue weighted by atomic mass is 16.2. The van der Waals surface area contributed by atoms with E-state index in [1.165, 1.54) is 0 Å². The first-order valence-electron chi connectivity index (χ1n) is 13.0. The first-order chi connectivity index (χ1) is 16.4. The highest BCUT2D eigenvalue weighted by Gasteiger charge is 2.21. The van der Waals surface area contributed by atoms with Gasteiger partial charge in [-0.3, -0.25) is 14.4 Å². The molecule has 6 N–H and O–H groups in total. The minimum Gasteiger partial charge on any atom is -0.353 e. The summed E-state index contributed by atoms with van der Waals surface area (Å²) < 4.78 is 0. The molecule has 0 rings (SSSR count). The average molecular weight is 485 g/mol. The molecule has 9 nitrogen and oxygen atoms in total. The monoisotopic (exact) mass is 484 g/mol. The largest absolute Gasteiger partial charge is 0.353 e. The maximum absolute atomic E-state index is 12.8. The normalized spacial score (nSPS) is 13.8. The van der Waals surface area contributed by atoms with Gasteiger partial charge in [-0.15, -0.1) is 0 Å². The number of hydrogen-bond acceptors (Lipinski definition) is 7. The van der Waals surface area contributed by atoms with Crippen LogP contribution in [0.15, 0.2) is 0 Å². The summed E-state index contributed by atoms with van der Waals surface area (Å²) in [7, 11) is 7.65. The van der Waals surface area contributed by atoms with Crippen molar-refractivity contribution < 1.29 is 14.4 Å². The molecular formula is C25H52N6O3. The molecule has 0 saturated heterocycles. The van der Waals surface area contributed by atoms with Gasteiger partial charge >= 0.3 is 0 Å². The Morgan fingerprint density at radius 3 is 1.44 bits per heavy atom. The summed E-state index contributed by atoms with van der Waals surface area (Å²) in [5.41, 5.74) is 0. The predicted molar refractivity (Wildman–Crippen MR) is 140 cm³/mol. The molecule has 0 aliphatic heterocycles. The Bertz CT molecular complexity index is 547. The molecule has 0 fully saturated rings. The second kappa shape index (κ2) is 21.9. The number of ketones is 1. The minimum atomic E-state index is -0.207. The third-order valence-corrected chi connectivity index (χ3v) is 5.97. The molecule has 0 heterocycles. The van der Waals surface area contributed by atoms with Gasteiger partial charge in [-0.1, -0.05) is 12.8 Å². The van der Waals surface area contributed by atoms with Crippen molar-refractivity contribution in [2.45, 2.75) is 95.7 Å². The molecule has 0 saturated carbocycles. The highest BCUT2D eigenvalue weighted by molar-refractivity contribution is 5.81. The first kappa shape index (κ1) is 32.5. The van der Waals surface area contributed by atoms with Crippen LogP contribution in [-0.2, 0) is 14.4 Å².